The van der Waals surface area contributed by atoms with Crippen molar-refractivity contribution in [3.05, 3.63) is 71.3 Å². The van der Waals surface area contributed by atoms with Gasteiger partial charge in [-0.3, -0.25) is 4.79 Å². The summed E-state index contributed by atoms with van der Waals surface area (Å²) in [7, 11) is 0. The summed E-state index contributed by atoms with van der Waals surface area (Å²) < 4.78 is 11.1. The van der Waals surface area contributed by atoms with Gasteiger partial charge in [-0.15, -0.1) is 0 Å². The summed E-state index contributed by atoms with van der Waals surface area (Å²) in [5.41, 5.74) is 8.67. The summed E-state index contributed by atoms with van der Waals surface area (Å²) in [5, 5.41) is 2.96. The molecule has 0 saturated carbocycles. The molecular formula is C21H26N2O3. The molecule has 26 heavy (non-hydrogen) atoms. The molecule has 0 aromatic heterocycles. The maximum atomic E-state index is 12.4. The second-order valence-corrected chi connectivity index (χ2v) is 6.75. The first-order chi connectivity index (χ1) is 12.7. The first kappa shape index (κ1) is 18.6. The van der Waals surface area contributed by atoms with Crippen molar-refractivity contribution in [1.82, 2.24) is 5.32 Å². The molecule has 1 heterocycles. The summed E-state index contributed by atoms with van der Waals surface area (Å²) >= 11 is 0. The lowest BCUT2D eigenvalue weighted by Gasteiger charge is -2.31. The third kappa shape index (κ3) is 5.14. The van der Waals surface area contributed by atoms with Gasteiger partial charge in [-0.05, 0) is 29.5 Å². The highest BCUT2D eigenvalue weighted by molar-refractivity contribution is 5.86. The highest BCUT2D eigenvalue weighted by Gasteiger charge is 2.35. The van der Waals surface area contributed by atoms with E-state index < -0.39 is 5.54 Å². The quantitative estimate of drug-likeness (QED) is 0.801. The van der Waals surface area contributed by atoms with Crippen LogP contribution in [0.5, 0.6) is 0 Å². The van der Waals surface area contributed by atoms with Gasteiger partial charge in [0, 0.05) is 19.8 Å². The van der Waals surface area contributed by atoms with Crippen LogP contribution in [-0.4, -0.2) is 24.7 Å². The SMILES string of the molecule is NC1(C(=O)NCc2cccc(COCc3ccccc3)c2)CCOCC1. The lowest BCUT2D eigenvalue weighted by atomic mass is 9.90. The molecular weight excluding hydrogens is 328 g/mol. The Morgan fingerprint density at radius 2 is 1.65 bits per heavy atom. The van der Waals surface area contributed by atoms with Crippen molar-refractivity contribution in [1.29, 1.82) is 0 Å². The van der Waals surface area contributed by atoms with E-state index in [1.807, 2.05) is 48.5 Å². The number of benzene rings is 2. The molecule has 0 radical (unpaired) electrons. The normalized spacial score (nSPS) is 16.2. The van der Waals surface area contributed by atoms with E-state index in [1.54, 1.807) is 0 Å². The minimum atomic E-state index is -0.811. The Balaban J connectivity index is 1.48. The van der Waals surface area contributed by atoms with Crippen LogP contribution < -0.4 is 11.1 Å². The zero-order valence-electron chi connectivity index (χ0n) is 14.9. The maximum Gasteiger partial charge on any atom is 0.240 e. The van der Waals surface area contributed by atoms with Crippen LogP contribution in [0.3, 0.4) is 0 Å². The molecule has 1 saturated heterocycles. The van der Waals surface area contributed by atoms with Crippen LogP contribution in [0.4, 0.5) is 0 Å². The standard InChI is InChI=1S/C21H26N2O3/c22-21(9-11-25-12-10-21)20(24)23-14-18-7-4-8-19(13-18)16-26-15-17-5-2-1-3-6-17/h1-8,13H,9-12,14-16,22H2,(H,23,24). The van der Waals surface area contributed by atoms with Gasteiger partial charge in [0.2, 0.25) is 5.91 Å². The van der Waals surface area contributed by atoms with Gasteiger partial charge in [0.25, 0.3) is 0 Å². The van der Waals surface area contributed by atoms with Crippen LogP contribution in [-0.2, 0) is 34.0 Å². The fourth-order valence-electron chi connectivity index (χ4n) is 3.01. The molecule has 0 bridgehead atoms. The molecule has 1 amide bonds. The number of hydrogen-bond acceptors (Lipinski definition) is 4. The van der Waals surface area contributed by atoms with Gasteiger partial charge in [0.1, 0.15) is 0 Å². The highest BCUT2D eigenvalue weighted by atomic mass is 16.5. The van der Waals surface area contributed by atoms with Gasteiger partial charge in [-0.2, -0.15) is 0 Å². The average molecular weight is 354 g/mol. The summed E-state index contributed by atoms with van der Waals surface area (Å²) in [6, 6.07) is 18.2. The second-order valence-electron chi connectivity index (χ2n) is 6.75. The molecule has 1 aliphatic rings. The van der Waals surface area contributed by atoms with Crippen LogP contribution in [0.1, 0.15) is 29.5 Å². The van der Waals surface area contributed by atoms with E-state index >= 15 is 0 Å². The molecule has 5 nitrogen and oxygen atoms in total. The van der Waals surface area contributed by atoms with Crippen LogP contribution >= 0.6 is 0 Å². The summed E-state index contributed by atoms with van der Waals surface area (Å²) in [5.74, 6) is -0.105. The molecule has 3 rings (SSSR count). The Hall–Kier alpha value is -2.21. The van der Waals surface area contributed by atoms with Crippen molar-refractivity contribution in [3.63, 3.8) is 0 Å². The zero-order chi connectivity index (χ0) is 18.2. The van der Waals surface area contributed by atoms with Gasteiger partial charge in [0.15, 0.2) is 0 Å². The lowest BCUT2D eigenvalue weighted by Crippen LogP contribution is -2.56. The molecule has 0 unspecified atom stereocenters. The smallest absolute Gasteiger partial charge is 0.240 e. The van der Waals surface area contributed by atoms with E-state index in [-0.39, 0.29) is 5.91 Å². The largest absolute Gasteiger partial charge is 0.381 e. The molecule has 2 aromatic rings. The van der Waals surface area contributed by atoms with Gasteiger partial charge < -0.3 is 20.5 Å². The van der Waals surface area contributed by atoms with Crippen molar-refractivity contribution < 1.29 is 14.3 Å². The number of carbonyl (C=O) groups excluding carboxylic acids is 1. The fraction of sp³-hybridized carbons (Fsp3) is 0.381. The molecule has 1 fully saturated rings. The van der Waals surface area contributed by atoms with E-state index in [0.29, 0.717) is 45.8 Å². The van der Waals surface area contributed by atoms with Crippen molar-refractivity contribution in [2.45, 2.75) is 38.1 Å². The number of carbonyl (C=O) groups is 1. The number of nitrogens with one attached hydrogen (secondary N) is 1. The summed E-state index contributed by atoms with van der Waals surface area (Å²) in [6.07, 6.45) is 1.12. The first-order valence-corrected chi connectivity index (χ1v) is 9.00. The van der Waals surface area contributed by atoms with Crippen molar-refractivity contribution in [3.8, 4) is 0 Å². The van der Waals surface area contributed by atoms with Crippen LogP contribution in [0.25, 0.3) is 0 Å². The Morgan fingerprint density at radius 3 is 2.42 bits per heavy atom. The minimum Gasteiger partial charge on any atom is -0.381 e. The van der Waals surface area contributed by atoms with E-state index in [1.165, 1.54) is 0 Å². The molecule has 0 spiro atoms. The van der Waals surface area contributed by atoms with Crippen LogP contribution in [0.15, 0.2) is 54.6 Å². The molecule has 0 aliphatic carbocycles. The number of amides is 1. The highest BCUT2D eigenvalue weighted by Crippen LogP contribution is 2.18. The monoisotopic (exact) mass is 354 g/mol. The molecule has 2 aromatic carbocycles. The van der Waals surface area contributed by atoms with Crippen LogP contribution in [0, 0.1) is 0 Å². The Bertz CT molecular complexity index is 712. The number of ether oxygens (including phenoxy) is 2. The van der Waals surface area contributed by atoms with E-state index in [2.05, 4.69) is 11.4 Å². The molecule has 5 heteroatoms. The van der Waals surface area contributed by atoms with E-state index in [0.717, 1.165) is 16.7 Å². The predicted molar refractivity (Wildman–Crippen MR) is 100 cm³/mol. The summed E-state index contributed by atoms with van der Waals surface area (Å²) in [4.78, 5) is 12.4. The molecule has 138 valence electrons. The average Bonchev–Trinajstić information content (AvgIpc) is 2.68. The first-order valence-electron chi connectivity index (χ1n) is 9.00. The fourth-order valence-corrected chi connectivity index (χ4v) is 3.01. The minimum absolute atomic E-state index is 0.105. The zero-order valence-corrected chi connectivity index (χ0v) is 14.9. The van der Waals surface area contributed by atoms with Gasteiger partial charge in [0.05, 0.1) is 18.8 Å². The summed E-state index contributed by atoms with van der Waals surface area (Å²) in [6.45, 7) is 2.66. The van der Waals surface area contributed by atoms with E-state index in [9.17, 15) is 4.79 Å². The maximum absolute atomic E-state index is 12.4. The Morgan fingerprint density at radius 1 is 1.00 bits per heavy atom. The van der Waals surface area contributed by atoms with Gasteiger partial charge >= 0.3 is 0 Å². The number of rotatable bonds is 7. The predicted octanol–water partition coefficient (Wildman–Crippen LogP) is 2.53. The third-order valence-electron chi connectivity index (χ3n) is 4.66. The lowest BCUT2D eigenvalue weighted by molar-refractivity contribution is -0.129. The Labute approximate surface area is 154 Å². The van der Waals surface area contributed by atoms with Gasteiger partial charge in [-0.25, -0.2) is 0 Å². The molecule has 1 aliphatic heterocycles. The molecule has 3 N–H and O–H groups in total. The number of hydrogen-bond donors (Lipinski definition) is 2. The van der Waals surface area contributed by atoms with Crippen molar-refractivity contribution in [2.24, 2.45) is 5.73 Å². The van der Waals surface area contributed by atoms with Crippen LogP contribution in [0.2, 0.25) is 0 Å². The van der Waals surface area contributed by atoms with E-state index in [4.69, 9.17) is 15.2 Å². The molecule has 0 atom stereocenters. The third-order valence-corrected chi connectivity index (χ3v) is 4.66. The van der Waals surface area contributed by atoms with Crippen molar-refractivity contribution in [2.75, 3.05) is 13.2 Å². The van der Waals surface area contributed by atoms with Crippen molar-refractivity contribution >= 4 is 5.91 Å². The van der Waals surface area contributed by atoms with Gasteiger partial charge in [-0.1, -0.05) is 54.6 Å². The number of nitrogens with two attached hydrogens (primary N) is 1. The Kier molecular flexibility index (Phi) is 6.39. The second kappa shape index (κ2) is 8.94. The topological polar surface area (TPSA) is 73.6 Å².